The second-order valence-electron chi connectivity index (χ2n) is 9.80. The van der Waals surface area contributed by atoms with Crippen molar-refractivity contribution in [3.63, 3.8) is 0 Å². The molecular weight excluding hydrogens is 575 g/mol. The largest absolute Gasteiger partial charge is 0.508 e. The van der Waals surface area contributed by atoms with Gasteiger partial charge in [0.2, 0.25) is 0 Å². The number of carbonyl (C=O) groups is 1. The summed E-state index contributed by atoms with van der Waals surface area (Å²) in [5, 5.41) is 18.6. The first-order valence-electron chi connectivity index (χ1n) is 13.3. The summed E-state index contributed by atoms with van der Waals surface area (Å²) >= 11 is 0. The van der Waals surface area contributed by atoms with Gasteiger partial charge >= 0.3 is 6.01 Å². The Kier molecular flexibility index (Phi) is 7.40. The van der Waals surface area contributed by atoms with Gasteiger partial charge in [0.15, 0.2) is 11.6 Å². The van der Waals surface area contributed by atoms with Crippen molar-refractivity contribution in [3.8, 4) is 35.4 Å². The van der Waals surface area contributed by atoms with Crippen LogP contribution in [0, 0.1) is 24.0 Å². The Labute approximate surface area is 248 Å². The number of methoxy groups -OCH3 is 1. The first-order valence-corrected chi connectivity index (χ1v) is 13.3. The predicted octanol–water partition coefficient (Wildman–Crippen LogP) is 4.27. The third kappa shape index (κ3) is 5.06. The summed E-state index contributed by atoms with van der Waals surface area (Å²) in [5.74, 6) is -0.906. The fourth-order valence-electron chi connectivity index (χ4n) is 5.15. The lowest BCUT2D eigenvalue weighted by Crippen LogP contribution is -2.49. The van der Waals surface area contributed by atoms with Gasteiger partial charge in [-0.25, -0.2) is 13.2 Å². The number of hydrogen-bond acceptors (Lipinski definition) is 9. The number of benzene rings is 2. The van der Waals surface area contributed by atoms with Crippen LogP contribution in [-0.4, -0.2) is 74.4 Å². The molecule has 1 aliphatic rings. The molecule has 1 N–H and O–H groups in total. The van der Waals surface area contributed by atoms with Crippen LogP contribution in [0.1, 0.15) is 11.3 Å². The molecule has 13 heteroatoms. The monoisotopic (exact) mass is 597 g/mol. The second-order valence-corrected chi connectivity index (χ2v) is 9.80. The lowest BCUT2D eigenvalue weighted by Gasteiger charge is -2.35. The van der Waals surface area contributed by atoms with Crippen LogP contribution in [-0.2, 0) is 4.79 Å². The van der Waals surface area contributed by atoms with Crippen LogP contribution in [0.4, 0.5) is 19.0 Å². The summed E-state index contributed by atoms with van der Waals surface area (Å²) < 4.78 is 50.8. The van der Waals surface area contributed by atoms with E-state index in [-0.39, 0.29) is 76.7 Å². The summed E-state index contributed by atoms with van der Waals surface area (Å²) in [6.07, 6.45) is 9.42. The summed E-state index contributed by atoms with van der Waals surface area (Å²) in [6, 6.07) is 8.23. The Balaban J connectivity index is 1.36. The highest BCUT2D eigenvalue weighted by Crippen LogP contribution is 2.38. The van der Waals surface area contributed by atoms with Gasteiger partial charge in [0.05, 0.1) is 23.8 Å². The number of fused-ring (bicyclic) bond motifs is 2. The van der Waals surface area contributed by atoms with Gasteiger partial charge in [-0.3, -0.25) is 9.78 Å². The SMILES string of the molecule is C#Cc1c(F)ccc2cc(O)cc(-c3ncc4c(N5CCN(C(=O)/C(F)=C/c6cccnn6)CC5)nc(OC)nc4c3F)c12. The molecule has 1 saturated heterocycles. The topological polar surface area (TPSA) is 117 Å². The number of ether oxygens (including phenoxy) is 1. The molecule has 4 heterocycles. The Morgan fingerprint density at radius 2 is 1.93 bits per heavy atom. The van der Waals surface area contributed by atoms with E-state index in [2.05, 4.69) is 31.1 Å². The van der Waals surface area contributed by atoms with Crippen LogP contribution in [0.25, 0.3) is 39.0 Å². The van der Waals surface area contributed by atoms with E-state index in [1.54, 1.807) is 11.0 Å². The van der Waals surface area contributed by atoms with Crippen molar-refractivity contribution >= 4 is 39.5 Å². The number of aromatic nitrogens is 5. The van der Waals surface area contributed by atoms with Gasteiger partial charge in [-0.15, -0.1) is 6.42 Å². The second kappa shape index (κ2) is 11.5. The molecule has 5 aromatic rings. The number of nitrogens with zero attached hydrogens (tertiary/aromatic N) is 7. The Bertz CT molecular complexity index is 2010. The number of phenolic OH excluding ortho intramolecular Hbond substituents is 1. The van der Waals surface area contributed by atoms with Crippen LogP contribution < -0.4 is 9.64 Å². The van der Waals surface area contributed by atoms with Crippen molar-refractivity contribution in [1.82, 2.24) is 30.0 Å². The van der Waals surface area contributed by atoms with Gasteiger partial charge in [-0.2, -0.15) is 20.2 Å². The molecule has 44 heavy (non-hydrogen) atoms. The number of amides is 1. The van der Waals surface area contributed by atoms with Crippen LogP contribution in [0.15, 0.2) is 54.6 Å². The van der Waals surface area contributed by atoms with Crippen LogP contribution in [0.5, 0.6) is 11.8 Å². The van der Waals surface area contributed by atoms with Gasteiger partial charge in [-0.1, -0.05) is 12.0 Å². The maximum absolute atomic E-state index is 16.3. The van der Waals surface area contributed by atoms with Crippen molar-refractivity contribution in [2.24, 2.45) is 0 Å². The first-order chi connectivity index (χ1) is 21.3. The zero-order chi connectivity index (χ0) is 31.0. The minimum absolute atomic E-state index is 0.0784. The van der Waals surface area contributed by atoms with Crippen molar-refractivity contribution in [3.05, 3.63) is 77.5 Å². The summed E-state index contributed by atoms with van der Waals surface area (Å²) in [7, 11) is 1.33. The zero-order valence-corrected chi connectivity index (χ0v) is 23.1. The Morgan fingerprint density at radius 1 is 1.14 bits per heavy atom. The molecule has 1 amide bonds. The first kappa shape index (κ1) is 28.4. The van der Waals surface area contributed by atoms with Crippen molar-refractivity contribution in [2.45, 2.75) is 0 Å². The molecule has 0 aliphatic carbocycles. The molecule has 0 saturated carbocycles. The van der Waals surface area contributed by atoms with E-state index < -0.39 is 23.4 Å². The van der Waals surface area contributed by atoms with E-state index in [1.807, 2.05) is 0 Å². The molecule has 1 aliphatic heterocycles. The van der Waals surface area contributed by atoms with Gasteiger partial charge in [-0.05, 0) is 35.7 Å². The number of aromatic hydroxyl groups is 1. The van der Waals surface area contributed by atoms with Crippen LogP contribution in [0.2, 0.25) is 0 Å². The zero-order valence-electron chi connectivity index (χ0n) is 23.1. The van der Waals surface area contributed by atoms with Gasteiger partial charge in [0, 0.05) is 55.6 Å². The number of piperazine rings is 1. The lowest BCUT2D eigenvalue weighted by atomic mass is 9.96. The fraction of sp³-hybridized carbons (Fsp3) is 0.161. The summed E-state index contributed by atoms with van der Waals surface area (Å²) in [5.41, 5.74) is -0.161. The van der Waals surface area contributed by atoms with Gasteiger partial charge < -0.3 is 19.6 Å². The van der Waals surface area contributed by atoms with E-state index in [0.29, 0.717) is 11.2 Å². The minimum atomic E-state index is -0.973. The third-order valence-corrected chi connectivity index (χ3v) is 7.22. The van der Waals surface area contributed by atoms with E-state index in [1.165, 1.54) is 54.7 Å². The maximum Gasteiger partial charge on any atom is 0.318 e. The normalized spacial score (nSPS) is 13.8. The van der Waals surface area contributed by atoms with E-state index in [4.69, 9.17) is 11.2 Å². The number of carbonyl (C=O) groups excluding carboxylic acids is 1. The summed E-state index contributed by atoms with van der Waals surface area (Å²) in [6.45, 7) is 0.783. The number of phenols is 1. The smallest absolute Gasteiger partial charge is 0.318 e. The van der Waals surface area contributed by atoms with E-state index >= 15 is 4.39 Å². The molecule has 220 valence electrons. The number of rotatable bonds is 5. The molecule has 6 rings (SSSR count). The highest BCUT2D eigenvalue weighted by molar-refractivity contribution is 6.03. The number of terminal acetylenes is 1. The number of pyridine rings is 1. The molecule has 0 bridgehead atoms. The van der Waals surface area contributed by atoms with Crippen molar-refractivity contribution in [1.29, 1.82) is 0 Å². The molecule has 0 spiro atoms. The molecule has 2 aromatic carbocycles. The molecule has 3 aromatic heterocycles. The number of hydrogen-bond donors (Lipinski definition) is 1. The Morgan fingerprint density at radius 3 is 2.64 bits per heavy atom. The molecular formula is C31H22F3N7O3. The van der Waals surface area contributed by atoms with Crippen molar-refractivity contribution < 1.29 is 27.8 Å². The average Bonchev–Trinajstić information content (AvgIpc) is 3.04. The lowest BCUT2D eigenvalue weighted by molar-refractivity contribution is -0.128. The molecule has 10 nitrogen and oxygen atoms in total. The highest BCUT2D eigenvalue weighted by atomic mass is 19.1. The maximum atomic E-state index is 16.3. The van der Waals surface area contributed by atoms with Gasteiger partial charge in [0.25, 0.3) is 5.91 Å². The molecule has 0 radical (unpaired) electrons. The van der Waals surface area contributed by atoms with Crippen LogP contribution in [0.3, 0.4) is 0 Å². The number of anilines is 1. The fourth-order valence-corrected chi connectivity index (χ4v) is 5.15. The van der Waals surface area contributed by atoms with E-state index in [0.717, 1.165) is 6.08 Å². The standard InChI is InChI=1S/C31H22F3N7O3/c1-3-20-23(32)7-6-17-13-19(42)15-21(25(17)20)27-26(34)28-22(16-35-27)29(38-31(37-28)44-2)40-9-11-41(12-10-40)30(43)24(33)14-18-5-4-8-36-39-18/h1,4-8,13-16,42H,9-12H2,2H3/b24-14-. The van der Waals surface area contributed by atoms with Crippen molar-refractivity contribution in [2.75, 3.05) is 38.2 Å². The predicted molar refractivity (Wildman–Crippen MR) is 156 cm³/mol. The molecule has 1 fully saturated rings. The third-order valence-electron chi connectivity index (χ3n) is 7.22. The molecule has 0 unspecified atom stereocenters. The Hall–Kier alpha value is -5.77. The average molecular weight is 598 g/mol. The van der Waals surface area contributed by atoms with Gasteiger partial charge in [0.1, 0.15) is 28.6 Å². The van der Waals surface area contributed by atoms with Crippen LogP contribution >= 0.6 is 0 Å². The number of halogens is 3. The summed E-state index contributed by atoms with van der Waals surface area (Å²) in [4.78, 5) is 28.8. The quantitative estimate of drug-likeness (QED) is 0.234. The highest BCUT2D eigenvalue weighted by Gasteiger charge is 2.28. The molecule has 0 atom stereocenters. The minimum Gasteiger partial charge on any atom is -0.508 e. The van der Waals surface area contributed by atoms with E-state index in [9.17, 15) is 18.7 Å².